The van der Waals surface area contributed by atoms with Gasteiger partial charge >= 0.3 is 10.1 Å². The lowest BCUT2D eigenvalue weighted by molar-refractivity contribution is -0.123. The Balaban J connectivity index is 1.80. The van der Waals surface area contributed by atoms with E-state index in [9.17, 15) is 13.2 Å². The first kappa shape index (κ1) is 23.5. The van der Waals surface area contributed by atoms with Gasteiger partial charge in [0, 0.05) is 11.5 Å². The van der Waals surface area contributed by atoms with Crippen molar-refractivity contribution in [3.8, 4) is 5.88 Å². The number of hydrogen-bond donors (Lipinski definition) is 2. The van der Waals surface area contributed by atoms with Crippen molar-refractivity contribution in [1.82, 2.24) is 9.97 Å². The number of amides is 1. The first-order valence-electron chi connectivity index (χ1n) is 11.4. The largest absolute Gasteiger partial charge is 0.367 e. The van der Waals surface area contributed by atoms with Crippen molar-refractivity contribution >= 4 is 27.8 Å². The van der Waals surface area contributed by atoms with Gasteiger partial charge in [-0.1, -0.05) is 44.9 Å². The molecule has 1 aromatic heterocycles. The van der Waals surface area contributed by atoms with Crippen LogP contribution in [0.15, 0.2) is 17.0 Å². The molecule has 1 fully saturated rings. The number of hydrogen-bond acceptors (Lipinski definition) is 7. The molecule has 1 aromatic carbocycles. The van der Waals surface area contributed by atoms with Crippen molar-refractivity contribution in [3.63, 3.8) is 0 Å². The van der Waals surface area contributed by atoms with Gasteiger partial charge in [0.15, 0.2) is 0 Å². The van der Waals surface area contributed by atoms with Gasteiger partial charge in [0.2, 0.25) is 17.7 Å². The van der Waals surface area contributed by atoms with Crippen LogP contribution in [0.1, 0.15) is 74.6 Å². The quantitative estimate of drug-likeness (QED) is 0.625. The highest BCUT2D eigenvalue weighted by molar-refractivity contribution is 7.87. The summed E-state index contributed by atoms with van der Waals surface area (Å²) in [6, 6.07) is 3.91. The Morgan fingerprint density at radius 2 is 1.79 bits per heavy atom. The third-order valence-corrected chi connectivity index (χ3v) is 7.81. The molecule has 33 heavy (non-hydrogen) atoms. The minimum atomic E-state index is -4.16. The van der Waals surface area contributed by atoms with E-state index in [1.54, 1.807) is 34.6 Å². The van der Waals surface area contributed by atoms with Crippen LogP contribution in [0.4, 0.5) is 11.8 Å². The molecule has 178 valence electrons. The molecule has 2 aliphatic rings. The predicted molar refractivity (Wildman–Crippen MR) is 127 cm³/mol. The van der Waals surface area contributed by atoms with Gasteiger partial charge in [-0.25, -0.2) is 0 Å². The molecule has 1 saturated carbocycles. The molecule has 2 N–H and O–H groups in total. The number of nitrogens with one attached hydrogen (secondary N) is 2. The average molecular weight is 473 g/mol. The molecule has 2 bridgehead atoms. The number of aromatic nitrogens is 2. The number of benzene rings is 1. The fourth-order valence-electron chi connectivity index (χ4n) is 4.82. The van der Waals surface area contributed by atoms with Gasteiger partial charge in [-0.15, -0.1) is 0 Å². The highest BCUT2D eigenvalue weighted by Gasteiger charge is 2.37. The van der Waals surface area contributed by atoms with Crippen LogP contribution in [0, 0.1) is 26.2 Å². The van der Waals surface area contributed by atoms with Gasteiger partial charge in [-0.2, -0.15) is 18.4 Å². The average Bonchev–Trinajstić information content (AvgIpc) is 2.65. The van der Waals surface area contributed by atoms with E-state index >= 15 is 0 Å². The van der Waals surface area contributed by atoms with Crippen molar-refractivity contribution in [2.24, 2.45) is 5.41 Å². The number of aryl methyl sites for hydroxylation is 3. The molecule has 0 unspecified atom stereocenters. The molecule has 1 aliphatic heterocycles. The third kappa shape index (κ3) is 4.69. The van der Waals surface area contributed by atoms with Crippen molar-refractivity contribution in [3.05, 3.63) is 34.4 Å². The normalized spacial score (nSPS) is 19.9. The van der Waals surface area contributed by atoms with Gasteiger partial charge in [-0.3, -0.25) is 10.1 Å². The summed E-state index contributed by atoms with van der Waals surface area (Å²) in [5.41, 5.74) is 2.23. The second-order valence-corrected chi connectivity index (χ2v) is 11.8. The summed E-state index contributed by atoms with van der Waals surface area (Å²) in [7, 11) is -4.16. The van der Waals surface area contributed by atoms with E-state index in [0.717, 1.165) is 31.2 Å². The summed E-state index contributed by atoms with van der Waals surface area (Å²) in [6.07, 6.45) is 3.86. The third-order valence-electron chi connectivity index (χ3n) is 6.28. The number of carbonyl (C=O) groups excluding carboxylic acids is 1. The van der Waals surface area contributed by atoms with Gasteiger partial charge in [0.1, 0.15) is 10.7 Å². The minimum absolute atomic E-state index is 0.0126. The summed E-state index contributed by atoms with van der Waals surface area (Å²) in [5.74, 6) is 0.401. The van der Waals surface area contributed by atoms with Gasteiger partial charge in [0.25, 0.3) is 0 Å². The number of carbonyl (C=O) groups is 1. The molecule has 9 heteroatoms. The van der Waals surface area contributed by atoms with E-state index in [1.165, 1.54) is 0 Å². The molecule has 4 rings (SSSR count). The van der Waals surface area contributed by atoms with Crippen LogP contribution < -0.4 is 14.8 Å². The zero-order valence-electron chi connectivity index (χ0n) is 20.1. The molecule has 0 saturated heterocycles. The lowest BCUT2D eigenvalue weighted by Crippen LogP contribution is -2.34. The molecular weight excluding hydrogens is 440 g/mol. The Labute approximate surface area is 195 Å². The number of nitrogens with zero attached hydrogens (tertiary/aromatic N) is 2. The molecular formula is C24H32N4O4S. The van der Waals surface area contributed by atoms with E-state index in [-0.39, 0.29) is 34.6 Å². The summed E-state index contributed by atoms with van der Waals surface area (Å²) in [6.45, 7) is 10.8. The second kappa shape index (κ2) is 8.27. The first-order chi connectivity index (χ1) is 15.3. The fraction of sp³-hybridized carbons (Fsp3) is 0.542. The van der Waals surface area contributed by atoms with Crippen molar-refractivity contribution in [2.75, 3.05) is 10.6 Å². The monoisotopic (exact) mass is 472 g/mol. The maximum atomic E-state index is 13.4. The van der Waals surface area contributed by atoms with Crippen LogP contribution in [0.2, 0.25) is 0 Å². The van der Waals surface area contributed by atoms with E-state index in [1.807, 2.05) is 19.1 Å². The van der Waals surface area contributed by atoms with Crippen LogP contribution >= 0.6 is 0 Å². The first-order valence-corrected chi connectivity index (χ1v) is 12.8. The molecule has 2 heterocycles. The Kier molecular flexibility index (Phi) is 5.88. The highest BCUT2D eigenvalue weighted by Crippen LogP contribution is 2.46. The van der Waals surface area contributed by atoms with Crippen LogP contribution in [-0.4, -0.2) is 30.3 Å². The maximum Gasteiger partial charge on any atom is 0.341 e. The zero-order chi connectivity index (χ0) is 24.1. The molecule has 1 aliphatic carbocycles. The van der Waals surface area contributed by atoms with E-state index in [2.05, 4.69) is 20.6 Å². The summed E-state index contributed by atoms with van der Waals surface area (Å²) < 4.78 is 32.5. The standard InChI is InChI=1S/C24H32N4O4S/c1-13-10-14(2)19(15(3)11-13)33(30,31)32-21-18-16-8-7-9-17(12-16)25-20(18)26-23(27-21)28-22(29)24(4,5)6/h10-11,16-17H,7-9,12H2,1-6H3,(H2,25,26,27,28,29)/t16-,17+/m1/s1. The lowest BCUT2D eigenvalue weighted by Gasteiger charge is -2.37. The Hall–Kier alpha value is -2.68. The minimum Gasteiger partial charge on any atom is -0.367 e. The van der Waals surface area contributed by atoms with Crippen molar-refractivity contribution in [2.45, 2.75) is 84.1 Å². The van der Waals surface area contributed by atoms with Crippen LogP contribution in [-0.2, 0) is 14.9 Å². The topological polar surface area (TPSA) is 110 Å². The van der Waals surface area contributed by atoms with Gasteiger partial charge in [-0.05, 0) is 57.1 Å². The summed E-state index contributed by atoms with van der Waals surface area (Å²) >= 11 is 0. The molecule has 2 aromatic rings. The molecule has 0 spiro atoms. The van der Waals surface area contributed by atoms with Crippen LogP contribution in [0.3, 0.4) is 0 Å². The molecule has 0 radical (unpaired) electrons. The molecule has 8 nitrogen and oxygen atoms in total. The summed E-state index contributed by atoms with van der Waals surface area (Å²) in [5, 5.41) is 6.12. The SMILES string of the molecule is Cc1cc(C)c(S(=O)(=O)Oc2nc(NC(=O)C(C)(C)C)nc3c2[C@@H]2CCC[C@@H](C2)N3)c(C)c1. The van der Waals surface area contributed by atoms with E-state index < -0.39 is 15.5 Å². The Morgan fingerprint density at radius 1 is 1.12 bits per heavy atom. The second-order valence-electron chi connectivity index (χ2n) is 10.3. The number of anilines is 2. The number of fused-ring (bicyclic) bond motifs is 4. The summed E-state index contributed by atoms with van der Waals surface area (Å²) in [4.78, 5) is 21.6. The van der Waals surface area contributed by atoms with Gasteiger partial charge < -0.3 is 9.50 Å². The van der Waals surface area contributed by atoms with E-state index in [4.69, 9.17) is 4.18 Å². The number of rotatable bonds is 4. The van der Waals surface area contributed by atoms with Crippen molar-refractivity contribution < 1.29 is 17.4 Å². The Morgan fingerprint density at radius 3 is 2.42 bits per heavy atom. The lowest BCUT2D eigenvalue weighted by atomic mass is 9.79. The van der Waals surface area contributed by atoms with E-state index in [0.29, 0.717) is 22.5 Å². The fourth-order valence-corrected chi connectivity index (χ4v) is 6.14. The van der Waals surface area contributed by atoms with Crippen LogP contribution in [0.5, 0.6) is 5.88 Å². The smallest absolute Gasteiger partial charge is 0.341 e. The molecule has 2 atom stereocenters. The van der Waals surface area contributed by atoms with Gasteiger partial charge in [0.05, 0.1) is 5.56 Å². The predicted octanol–water partition coefficient (Wildman–Crippen LogP) is 4.61. The molecule has 1 amide bonds. The van der Waals surface area contributed by atoms with Crippen LogP contribution in [0.25, 0.3) is 0 Å². The highest BCUT2D eigenvalue weighted by atomic mass is 32.2. The maximum absolute atomic E-state index is 13.4. The zero-order valence-corrected chi connectivity index (χ0v) is 20.9. The Bertz CT molecular complexity index is 1190. The van der Waals surface area contributed by atoms with Crippen molar-refractivity contribution in [1.29, 1.82) is 0 Å².